The summed E-state index contributed by atoms with van der Waals surface area (Å²) in [6.07, 6.45) is 2.01. The molecule has 0 aliphatic carbocycles. The van der Waals surface area contributed by atoms with Gasteiger partial charge in [0.25, 0.3) is 5.91 Å². The zero-order chi connectivity index (χ0) is 16.8. The maximum atomic E-state index is 12.7. The van der Waals surface area contributed by atoms with Crippen LogP contribution >= 0.6 is 0 Å². The van der Waals surface area contributed by atoms with Crippen LogP contribution < -0.4 is 10.2 Å². The largest absolute Gasteiger partial charge is 0.351 e. The van der Waals surface area contributed by atoms with E-state index in [1.165, 1.54) is 6.92 Å². The second-order valence-corrected chi connectivity index (χ2v) is 6.11. The Morgan fingerprint density at radius 3 is 2.75 bits per heavy atom. The number of aromatic nitrogens is 1. The van der Waals surface area contributed by atoms with Crippen molar-refractivity contribution in [3.8, 4) is 0 Å². The van der Waals surface area contributed by atoms with E-state index in [1.54, 1.807) is 17.0 Å². The SMILES string of the molecule is CC(=O)Nc1ccc2c(c1)CN(c1ccc3c(ccn3C)c1)C2=O. The number of nitrogens with zero attached hydrogens (tertiary/aromatic N) is 2. The van der Waals surface area contributed by atoms with Crippen molar-refractivity contribution in [1.82, 2.24) is 4.57 Å². The van der Waals surface area contributed by atoms with E-state index in [4.69, 9.17) is 0 Å². The molecule has 1 aliphatic rings. The summed E-state index contributed by atoms with van der Waals surface area (Å²) in [7, 11) is 2.00. The molecule has 2 heterocycles. The molecule has 2 amide bonds. The normalized spacial score (nSPS) is 13.4. The second-order valence-electron chi connectivity index (χ2n) is 6.11. The van der Waals surface area contributed by atoms with Crippen LogP contribution in [0.4, 0.5) is 11.4 Å². The van der Waals surface area contributed by atoms with Gasteiger partial charge in [0.05, 0.1) is 6.54 Å². The van der Waals surface area contributed by atoms with Crippen LogP contribution in [0.15, 0.2) is 48.7 Å². The topological polar surface area (TPSA) is 54.3 Å². The van der Waals surface area contributed by atoms with E-state index < -0.39 is 0 Å². The molecule has 0 bridgehead atoms. The number of aryl methyl sites for hydroxylation is 1. The highest BCUT2D eigenvalue weighted by atomic mass is 16.2. The minimum Gasteiger partial charge on any atom is -0.351 e. The van der Waals surface area contributed by atoms with Crippen LogP contribution in [0.25, 0.3) is 10.9 Å². The first kappa shape index (κ1) is 14.5. The molecule has 0 spiro atoms. The number of benzene rings is 2. The summed E-state index contributed by atoms with van der Waals surface area (Å²) >= 11 is 0. The lowest BCUT2D eigenvalue weighted by Crippen LogP contribution is -2.22. The van der Waals surface area contributed by atoms with E-state index in [1.807, 2.05) is 43.6 Å². The molecule has 3 aromatic rings. The van der Waals surface area contributed by atoms with Crippen molar-refractivity contribution in [1.29, 1.82) is 0 Å². The fraction of sp³-hybridized carbons (Fsp3) is 0.158. The van der Waals surface area contributed by atoms with Gasteiger partial charge in [0.1, 0.15) is 0 Å². The van der Waals surface area contributed by atoms with Gasteiger partial charge in [-0.25, -0.2) is 0 Å². The predicted molar refractivity (Wildman–Crippen MR) is 94.2 cm³/mol. The van der Waals surface area contributed by atoms with E-state index in [-0.39, 0.29) is 11.8 Å². The highest BCUT2D eigenvalue weighted by Gasteiger charge is 2.28. The average molecular weight is 319 g/mol. The molecule has 0 radical (unpaired) electrons. The summed E-state index contributed by atoms with van der Waals surface area (Å²) in [6, 6.07) is 13.5. The minimum atomic E-state index is -0.120. The first-order valence-corrected chi connectivity index (χ1v) is 7.80. The monoisotopic (exact) mass is 319 g/mol. The predicted octanol–water partition coefficient (Wildman–Crippen LogP) is 3.30. The van der Waals surface area contributed by atoms with Gasteiger partial charge in [-0.2, -0.15) is 0 Å². The third kappa shape index (κ3) is 2.25. The summed E-state index contributed by atoms with van der Waals surface area (Å²) in [4.78, 5) is 25.7. The fourth-order valence-corrected chi connectivity index (χ4v) is 3.25. The van der Waals surface area contributed by atoms with Crippen molar-refractivity contribution in [2.45, 2.75) is 13.5 Å². The number of hydrogen-bond donors (Lipinski definition) is 1. The molecule has 2 aromatic carbocycles. The van der Waals surface area contributed by atoms with Crippen LogP contribution in [0.3, 0.4) is 0 Å². The molecular weight excluding hydrogens is 302 g/mol. The van der Waals surface area contributed by atoms with Crippen molar-refractivity contribution in [3.63, 3.8) is 0 Å². The molecule has 4 rings (SSSR count). The number of nitrogens with one attached hydrogen (secondary N) is 1. The molecule has 0 saturated heterocycles. The number of hydrogen-bond acceptors (Lipinski definition) is 2. The van der Waals surface area contributed by atoms with E-state index in [0.717, 1.165) is 27.8 Å². The quantitative estimate of drug-likeness (QED) is 0.788. The Morgan fingerprint density at radius 1 is 1.12 bits per heavy atom. The summed E-state index contributed by atoms with van der Waals surface area (Å²) in [5.74, 6) is -0.125. The molecule has 24 heavy (non-hydrogen) atoms. The number of fused-ring (bicyclic) bond motifs is 2. The number of rotatable bonds is 2. The lowest BCUT2D eigenvalue weighted by atomic mass is 10.1. The first-order chi connectivity index (χ1) is 11.5. The summed E-state index contributed by atoms with van der Waals surface area (Å²) < 4.78 is 2.05. The number of carbonyl (C=O) groups is 2. The van der Waals surface area contributed by atoms with Crippen LogP contribution in [0.2, 0.25) is 0 Å². The van der Waals surface area contributed by atoms with Crippen LogP contribution in [-0.2, 0) is 18.4 Å². The maximum absolute atomic E-state index is 12.7. The maximum Gasteiger partial charge on any atom is 0.258 e. The third-order valence-corrected chi connectivity index (χ3v) is 4.41. The highest BCUT2D eigenvalue weighted by molar-refractivity contribution is 6.11. The molecule has 120 valence electrons. The Morgan fingerprint density at radius 2 is 1.96 bits per heavy atom. The van der Waals surface area contributed by atoms with E-state index in [9.17, 15) is 9.59 Å². The van der Waals surface area contributed by atoms with Gasteiger partial charge in [-0.3, -0.25) is 9.59 Å². The molecular formula is C19H17N3O2. The molecule has 5 nitrogen and oxygen atoms in total. The fourth-order valence-electron chi connectivity index (χ4n) is 3.25. The Balaban J connectivity index is 1.69. The van der Waals surface area contributed by atoms with Crippen molar-refractivity contribution in [2.24, 2.45) is 7.05 Å². The zero-order valence-corrected chi connectivity index (χ0v) is 13.5. The molecule has 5 heteroatoms. The smallest absolute Gasteiger partial charge is 0.258 e. The molecule has 0 saturated carbocycles. The number of amides is 2. The number of anilines is 2. The molecule has 0 unspecified atom stereocenters. The van der Waals surface area contributed by atoms with Gasteiger partial charge in [-0.15, -0.1) is 0 Å². The van der Waals surface area contributed by atoms with Gasteiger partial charge in [0.2, 0.25) is 5.91 Å². The minimum absolute atomic E-state index is 0.00495. The van der Waals surface area contributed by atoms with Gasteiger partial charge < -0.3 is 14.8 Å². The van der Waals surface area contributed by atoms with Crippen LogP contribution in [0, 0.1) is 0 Å². The van der Waals surface area contributed by atoms with Gasteiger partial charge in [0.15, 0.2) is 0 Å². The Bertz CT molecular complexity index is 987. The van der Waals surface area contributed by atoms with Crippen LogP contribution in [0.5, 0.6) is 0 Å². The van der Waals surface area contributed by atoms with Gasteiger partial charge in [-0.05, 0) is 48.0 Å². The molecule has 0 fully saturated rings. The van der Waals surface area contributed by atoms with Crippen molar-refractivity contribution >= 4 is 34.1 Å². The second kappa shape index (κ2) is 5.23. The van der Waals surface area contributed by atoms with Crippen LogP contribution in [0.1, 0.15) is 22.8 Å². The third-order valence-electron chi connectivity index (χ3n) is 4.41. The van der Waals surface area contributed by atoms with Crippen molar-refractivity contribution in [2.75, 3.05) is 10.2 Å². The summed E-state index contributed by atoms with van der Waals surface area (Å²) in [6.45, 7) is 1.99. The van der Waals surface area contributed by atoms with Crippen molar-refractivity contribution in [3.05, 3.63) is 59.8 Å². The number of carbonyl (C=O) groups excluding carboxylic acids is 2. The molecule has 0 atom stereocenters. The summed E-state index contributed by atoms with van der Waals surface area (Å²) in [5.41, 5.74) is 4.36. The molecule has 1 aromatic heterocycles. The standard InChI is InChI=1S/C19H17N3O2/c1-12(23)20-15-3-5-17-14(9-15)11-22(19(17)24)16-4-6-18-13(10-16)7-8-21(18)2/h3-10H,11H2,1-2H3,(H,20,23). The highest BCUT2D eigenvalue weighted by Crippen LogP contribution is 2.32. The zero-order valence-electron chi connectivity index (χ0n) is 13.5. The van der Waals surface area contributed by atoms with E-state index in [0.29, 0.717) is 12.1 Å². The van der Waals surface area contributed by atoms with Gasteiger partial charge in [0, 0.05) is 48.0 Å². The molecule has 1 N–H and O–H groups in total. The Hall–Kier alpha value is -3.08. The Labute approximate surface area is 139 Å². The molecule has 1 aliphatic heterocycles. The van der Waals surface area contributed by atoms with Crippen molar-refractivity contribution < 1.29 is 9.59 Å². The van der Waals surface area contributed by atoms with Gasteiger partial charge in [-0.1, -0.05) is 0 Å². The van der Waals surface area contributed by atoms with Crippen LogP contribution in [-0.4, -0.2) is 16.4 Å². The van der Waals surface area contributed by atoms with E-state index in [2.05, 4.69) is 9.88 Å². The van der Waals surface area contributed by atoms with E-state index >= 15 is 0 Å². The lowest BCUT2D eigenvalue weighted by molar-refractivity contribution is -0.114. The average Bonchev–Trinajstić information content (AvgIpc) is 3.07. The first-order valence-electron chi connectivity index (χ1n) is 7.80. The van der Waals surface area contributed by atoms with Gasteiger partial charge >= 0.3 is 0 Å². The Kier molecular flexibility index (Phi) is 3.16. The summed E-state index contributed by atoms with van der Waals surface area (Å²) in [5, 5.41) is 3.87. The lowest BCUT2D eigenvalue weighted by Gasteiger charge is -2.16.